The van der Waals surface area contributed by atoms with E-state index in [-0.39, 0.29) is 11.8 Å². The number of aliphatic imine (C=N–C) groups is 1. The maximum absolute atomic E-state index is 13.2. The van der Waals surface area contributed by atoms with Crippen molar-refractivity contribution in [3.8, 4) is 0 Å². The van der Waals surface area contributed by atoms with Crippen LogP contribution in [-0.4, -0.2) is 29.7 Å². The van der Waals surface area contributed by atoms with Gasteiger partial charge in [0.1, 0.15) is 0 Å². The summed E-state index contributed by atoms with van der Waals surface area (Å²) in [5.74, 6) is 1.07. The van der Waals surface area contributed by atoms with E-state index >= 15 is 0 Å². The molecule has 2 aliphatic heterocycles. The van der Waals surface area contributed by atoms with Crippen LogP contribution in [0.3, 0.4) is 0 Å². The Kier molecular flexibility index (Phi) is 6.34. The van der Waals surface area contributed by atoms with Crippen LogP contribution in [0.25, 0.3) is 6.08 Å². The second-order valence-electron chi connectivity index (χ2n) is 8.65. The number of hydrogen-bond acceptors (Lipinski definition) is 4. The first-order chi connectivity index (χ1) is 16.3. The summed E-state index contributed by atoms with van der Waals surface area (Å²) in [7, 11) is 0. The molecule has 0 amide bonds. The van der Waals surface area contributed by atoms with E-state index in [9.17, 15) is 4.79 Å². The number of ketones is 1. The van der Waals surface area contributed by atoms with Gasteiger partial charge in [-0.2, -0.15) is 0 Å². The highest BCUT2D eigenvalue weighted by atomic mass is 16.1. The molecule has 1 atom stereocenters. The first-order valence-corrected chi connectivity index (χ1v) is 11.8. The number of allylic oxidation sites excluding steroid dienone is 1. The van der Waals surface area contributed by atoms with Crippen molar-refractivity contribution in [2.75, 3.05) is 18.0 Å². The summed E-state index contributed by atoms with van der Waals surface area (Å²) in [5, 5.41) is 0. The number of hydrogen-bond donors (Lipinski definition) is 0. The van der Waals surface area contributed by atoms with E-state index in [1.54, 1.807) is 6.08 Å². The zero-order chi connectivity index (χ0) is 22.5. The fraction of sp³-hybridized carbons (Fsp3) is 0.241. The number of anilines is 1. The van der Waals surface area contributed by atoms with Crippen molar-refractivity contribution in [1.29, 1.82) is 0 Å². The number of nitrogens with zero attached hydrogens (tertiary/aromatic N) is 3. The summed E-state index contributed by atoms with van der Waals surface area (Å²) in [5.41, 5.74) is 4.17. The molecule has 3 aromatic rings. The summed E-state index contributed by atoms with van der Waals surface area (Å²) >= 11 is 0. The Morgan fingerprint density at radius 3 is 2.27 bits per heavy atom. The Morgan fingerprint density at radius 1 is 0.848 bits per heavy atom. The normalized spacial score (nSPS) is 18.2. The monoisotopic (exact) mass is 435 g/mol. The van der Waals surface area contributed by atoms with Crippen LogP contribution in [0.4, 0.5) is 11.4 Å². The molecule has 1 saturated heterocycles. The summed E-state index contributed by atoms with van der Waals surface area (Å²) in [6, 6.07) is 28.5. The van der Waals surface area contributed by atoms with Gasteiger partial charge in [0.15, 0.2) is 5.78 Å². The number of carbonyl (C=O) groups excluding carboxylic acids is 1. The first-order valence-electron chi connectivity index (χ1n) is 11.8. The molecule has 4 nitrogen and oxygen atoms in total. The number of para-hydroxylation sites is 2. The van der Waals surface area contributed by atoms with Gasteiger partial charge in [0.05, 0.1) is 11.7 Å². The first kappa shape index (κ1) is 21.2. The van der Waals surface area contributed by atoms with Crippen molar-refractivity contribution >= 4 is 29.2 Å². The lowest BCUT2D eigenvalue weighted by atomic mass is 9.95. The molecule has 5 rings (SSSR count). The highest BCUT2D eigenvalue weighted by Crippen LogP contribution is 2.40. The third-order valence-electron chi connectivity index (χ3n) is 6.37. The Bertz CT molecular complexity index is 1150. The largest absolute Gasteiger partial charge is 0.342 e. The molecule has 0 aromatic heterocycles. The van der Waals surface area contributed by atoms with Gasteiger partial charge in [-0.15, -0.1) is 0 Å². The van der Waals surface area contributed by atoms with Gasteiger partial charge in [0.2, 0.25) is 5.96 Å². The maximum atomic E-state index is 13.2. The smallest absolute Gasteiger partial charge is 0.207 e. The van der Waals surface area contributed by atoms with Gasteiger partial charge in [0, 0.05) is 30.8 Å². The lowest BCUT2D eigenvalue weighted by Gasteiger charge is -2.43. The van der Waals surface area contributed by atoms with Crippen LogP contribution in [0.1, 0.15) is 42.9 Å². The topological polar surface area (TPSA) is 35.9 Å². The van der Waals surface area contributed by atoms with Gasteiger partial charge in [0.25, 0.3) is 0 Å². The summed E-state index contributed by atoms with van der Waals surface area (Å²) in [4.78, 5) is 23.0. The fourth-order valence-corrected chi connectivity index (χ4v) is 4.73. The van der Waals surface area contributed by atoms with Crippen LogP contribution in [0.5, 0.6) is 0 Å². The fourth-order valence-electron chi connectivity index (χ4n) is 4.73. The van der Waals surface area contributed by atoms with E-state index in [1.807, 2.05) is 54.6 Å². The molecule has 0 aliphatic carbocycles. The maximum Gasteiger partial charge on any atom is 0.207 e. The molecule has 0 bridgehead atoms. The van der Waals surface area contributed by atoms with Crippen LogP contribution in [0, 0.1) is 0 Å². The van der Waals surface area contributed by atoms with Crippen LogP contribution in [0.2, 0.25) is 0 Å². The minimum absolute atomic E-state index is 0.106. The van der Waals surface area contributed by atoms with Crippen LogP contribution < -0.4 is 4.90 Å². The summed E-state index contributed by atoms with van der Waals surface area (Å²) in [6.07, 6.45) is 7.62. The van der Waals surface area contributed by atoms with Gasteiger partial charge < -0.3 is 9.80 Å². The van der Waals surface area contributed by atoms with Crippen LogP contribution >= 0.6 is 0 Å². The zero-order valence-corrected chi connectivity index (χ0v) is 18.8. The van der Waals surface area contributed by atoms with Gasteiger partial charge in [-0.3, -0.25) is 4.79 Å². The highest BCUT2D eigenvalue weighted by Gasteiger charge is 2.35. The molecular weight excluding hydrogens is 406 g/mol. The minimum atomic E-state index is -0.106. The highest BCUT2D eigenvalue weighted by molar-refractivity contribution is 6.02. The van der Waals surface area contributed by atoms with E-state index in [0.717, 1.165) is 41.6 Å². The molecule has 166 valence electrons. The Labute approximate surface area is 195 Å². The van der Waals surface area contributed by atoms with Crippen molar-refractivity contribution in [2.24, 2.45) is 4.99 Å². The molecular formula is C29H29N3O. The quantitative estimate of drug-likeness (QED) is 0.436. The molecule has 2 aliphatic rings. The van der Waals surface area contributed by atoms with Crippen molar-refractivity contribution in [3.05, 3.63) is 102 Å². The number of likely N-dealkylation sites (tertiary alicyclic amines) is 1. The third kappa shape index (κ3) is 4.75. The molecule has 3 aromatic carbocycles. The molecule has 1 unspecified atom stereocenters. The van der Waals surface area contributed by atoms with E-state index in [0.29, 0.717) is 6.42 Å². The molecule has 0 radical (unpaired) electrons. The van der Waals surface area contributed by atoms with Crippen molar-refractivity contribution < 1.29 is 4.79 Å². The van der Waals surface area contributed by atoms with E-state index in [4.69, 9.17) is 4.99 Å². The second-order valence-corrected chi connectivity index (χ2v) is 8.65. The number of guanidine groups is 1. The van der Waals surface area contributed by atoms with Crippen molar-refractivity contribution in [2.45, 2.75) is 31.7 Å². The molecule has 33 heavy (non-hydrogen) atoms. The molecule has 0 saturated carbocycles. The SMILES string of the molecule is O=C(/C=C/c1ccccc1)CC1c2ccccc2N=C(N2CCCCC2)N1c1ccccc1. The van der Waals surface area contributed by atoms with Gasteiger partial charge >= 0.3 is 0 Å². The molecule has 2 heterocycles. The molecule has 4 heteroatoms. The van der Waals surface area contributed by atoms with Crippen molar-refractivity contribution in [1.82, 2.24) is 4.90 Å². The summed E-state index contributed by atoms with van der Waals surface area (Å²) in [6.45, 7) is 2.00. The molecule has 0 N–H and O–H groups in total. The zero-order valence-electron chi connectivity index (χ0n) is 18.8. The molecule has 0 spiro atoms. The van der Waals surface area contributed by atoms with E-state index in [1.165, 1.54) is 19.3 Å². The third-order valence-corrected chi connectivity index (χ3v) is 6.37. The lowest BCUT2D eigenvalue weighted by molar-refractivity contribution is -0.114. The average Bonchev–Trinajstić information content (AvgIpc) is 2.89. The predicted molar refractivity (Wildman–Crippen MR) is 136 cm³/mol. The van der Waals surface area contributed by atoms with E-state index < -0.39 is 0 Å². The lowest BCUT2D eigenvalue weighted by Crippen LogP contribution is -2.50. The average molecular weight is 436 g/mol. The van der Waals surface area contributed by atoms with Crippen molar-refractivity contribution in [3.63, 3.8) is 0 Å². The van der Waals surface area contributed by atoms with Gasteiger partial charge in [-0.25, -0.2) is 4.99 Å². The second kappa shape index (κ2) is 9.86. The van der Waals surface area contributed by atoms with Crippen LogP contribution in [-0.2, 0) is 4.79 Å². The Morgan fingerprint density at radius 2 is 1.52 bits per heavy atom. The standard InChI is InChI=1S/C29H29N3O/c33-25(19-18-23-12-4-1-5-13-23)22-28-26-16-8-9-17-27(26)30-29(31-20-10-3-11-21-31)32(28)24-14-6-2-7-15-24/h1-2,4-9,12-19,28H,3,10-11,20-22H2/b19-18+. The van der Waals surface area contributed by atoms with Gasteiger partial charge in [-0.1, -0.05) is 72.8 Å². The van der Waals surface area contributed by atoms with Crippen LogP contribution in [0.15, 0.2) is 96.0 Å². The number of carbonyl (C=O) groups is 1. The van der Waals surface area contributed by atoms with Gasteiger partial charge in [-0.05, 0) is 49.1 Å². The number of rotatable bonds is 5. The number of piperidine rings is 1. The number of benzene rings is 3. The Balaban J connectivity index is 1.52. The number of fused-ring (bicyclic) bond motifs is 1. The molecule has 1 fully saturated rings. The summed E-state index contributed by atoms with van der Waals surface area (Å²) < 4.78 is 0. The Hall–Kier alpha value is -3.66. The predicted octanol–water partition coefficient (Wildman–Crippen LogP) is 6.39. The van der Waals surface area contributed by atoms with E-state index in [2.05, 4.69) is 46.2 Å². The minimum Gasteiger partial charge on any atom is -0.342 e.